The Kier molecular flexibility index (Phi) is 4.27. The molecule has 19 heavy (non-hydrogen) atoms. The molecule has 1 amide bonds. The van der Waals surface area contributed by atoms with E-state index in [-0.39, 0.29) is 15.4 Å². The highest BCUT2D eigenvalue weighted by molar-refractivity contribution is 7.91. The Balaban J connectivity index is 1.93. The zero-order valence-electron chi connectivity index (χ0n) is 10.1. The summed E-state index contributed by atoms with van der Waals surface area (Å²) in [5.41, 5.74) is 0. The summed E-state index contributed by atoms with van der Waals surface area (Å²) >= 11 is 0.725. The highest BCUT2D eigenvalue weighted by atomic mass is 32.2. The van der Waals surface area contributed by atoms with E-state index < -0.39 is 10.0 Å². The van der Waals surface area contributed by atoms with Crippen molar-refractivity contribution in [2.75, 3.05) is 5.32 Å². The number of allylic oxidation sites excluding steroid dienone is 1. The van der Waals surface area contributed by atoms with Crippen molar-refractivity contribution in [3.8, 4) is 0 Å². The van der Waals surface area contributed by atoms with Crippen LogP contribution in [0.4, 0.5) is 5.13 Å². The molecule has 0 aliphatic heterocycles. The topological polar surface area (TPSA) is 115 Å². The molecular weight excluding hydrogens is 288 g/mol. The summed E-state index contributed by atoms with van der Waals surface area (Å²) in [5.74, 6) is 0.115. The Hall–Kier alpha value is -1.32. The number of nitrogens with zero attached hydrogens (tertiary/aromatic N) is 2. The maximum atomic E-state index is 11.6. The van der Waals surface area contributed by atoms with Gasteiger partial charge in [-0.25, -0.2) is 13.6 Å². The van der Waals surface area contributed by atoms with Gasteiger partial charge in [0.25, 0.3) is 10.0 Å². The van der Waals surface area contributed by atoms with Crippen LogP contribution in [0.25, 0.3) is 0 Å². The van der Waals surface area contributed by atoms with E-state index in [1.807, 2.05) is 6.08 Å². The summed E-state index contributed by atoms with van der Waals surface area (Å²) in [6.07, 6.45) is 7.95. The first-order valence-electron chi connectivity index (χ1n) is 5.80. The summed E-state index contributed by atoms with van der Waals surface area (Å²) in [7, 11) is -3.87. The van der Waals surface area contributed by atoms with Crippen LogP contribution < -0.4 is 10.5 Å². The molecule has 0 atom stereocenters. The Labute approximate surface area is 115 Å². The molecule has 1 aromatic heterocycles. The molecule has 0 saturated heterocycles. The van der Waals surface area contributed by atoms with E-state index in [9.17, 15) is 13.2 Å². The zero-order valence-corrected chi connectivity index (χ0v) is 11.7. The largest absolute Gasteiger partial charge is 0.297 e. The average Bonchev–Trinajstić information content (AvgIpc) is 2.95. The predicted octanol–water partition coefficient (Wildman–Crippen LogP) is 0.870. The summed E-state index contributed by atoms with van der Waals surface area (Å²) < 4.78 is 21.7. The third-order valence-corrected chi connectivity index (χ3v) is 4.95. The molecule has 7 nitrogen and oxygen atoms in total. The number of nitrogens with two attached hydrogens (primary N) is 1. The Morgan fingerprint density at radius 3 is 2.63 bits per heavy atom. The molecule has 104 valence electrons. The van der Waals surface area contributed by atoms with Gasteiger partial charge in [0, 0.05) is 0 Å². The fourth-order valence-electron chi connectivity index (χ4n) is 1.90. The molecule has 0 unspecified atom stereocenters. The molecule has 1 aliphatic rings. The smallest absolute Gasteiger partial charge is 0.267 e. The number of primary sulfonamides is 1. The molecule has 9 heteroatoms. The molecule has 1 aliphatic carbocycles. The lowest BCUT2D eigenvalue weighted by Gasteiger charge is -1.99. The van der Waals surface area contributed by atoms with E-state index in [0.29, 0.717) is 5.92 Å². The quantitative estimate of drug-likeness (QED) is 0.632. The molecule has 0 spiro atoms. The van der Waals surface area contributed by atoms with Gasteiger partial charge >= 0.3 is 0 Å². The second-order valence-corrected chi connectivity index (χ2v) is 7.02. The lowest BCUT2D eigenvalue weighted by atomic mass is 10.1. The molecular formula is C10H14N4O3S2. The summed E-state index contributed by atoms with van der Waals surface area (Å²) in [4.78, 5) is 11.6. The third kappa shape index (κ3) is 4.08. The van der Waals surface area contributed by atoms with E-state index in [1.54, 1.807) is 0 Å². The number of hydrogen-bond acceptors (Lipinski definition) is 6. The van der Waals surface area contributed by atoms with Crippen LogP contribution in [-0.2, 0) is 14.8 Å². The van der Waals surface area contributed by atoms with Crippen molar-refractivity contribution < 1.29 is 13.2 Å². The van der Waals surface area contributed by atoms with Crippen LogP contribution in [0.5, 0.6) is 0 Å². The van der Waals surface area contributed by atoms with Gasteiger partial charge in [0.2, 0.25) is 15.4 Å². The van der Waals surface area contributed by atoms with Crippen molar-refractivity contribution in [1.29, 1.82) is 0 Å². The minimum absolute atomic E-state index is 0.116. The molecule has 3 N–H and O–H groups in total. The van der Waals surface area contributed by atoms with Gasteiger partial charge in [0.05, 0.1) is 0 Å². The van der Waals surface area contributed by atoms with Crippen molar-refractivity contribution in [2.24, 2.45) is 11.1 Å². The molecule has 1 fully saturated rings. The Bertz CT molecular complexity index is 588. The molecule has 0 bridgehead atoms. The number of amides is 1. The highest BCUT2D eigenvalue weighted by Gasteiger charge is 2.16. The minimum Gasteiger partial charge on any atom is -0.297 e. The molecule has 1 aromatic rings. The lowest BCUT2D eigenvalue weighted by Crippen LogP contribution is -2.11. The first-order valence-corrected chi connectivity index (χ1v) is 8.17. The Morgan fingerprint density at radius 2 is 2.05 bits per heavy atom. The number of anilines is 1. The first-order chi connectivity index (χ1) is 8.95. The second-order valence-electron chi connectivity index (χ2n) is 4.31. The van der Waals surface area contributed by atoms with Crippen LogP contribution in [0.2, 0.25) is 0 Å². The van der Waals surface area contributed by atoms with Gasteiger partial charge < -0.3 is 0 Å². The van der Waals surface area contributed by atoms with Gasteiger partial charge in [0.15, 0.2) is 0 Å². The fraction of sp³-hybridized carbons (Fsp3) is 0.500. The van der Waals surface area contributed by atoms with E-state index in [0.717, 1.165) is 24.2 Å². The number of sulfonamides is 1. The number of aromatic nitrogens is 2. The number of rotatable bonds is 4. The second kappa shape index (κ2) is 5.76. The van der Waals surface area contributed by atoms with Gasteiger partial charge in [-0.1, -0.05) is 30.3 Å². The molecule has 1 heterocycles. The summed E-state index contributed by atoms with van der Waals surface area (Å²) in [6.45, 7) is 0. The van der Waals surface area contributed by atoms with E-state index >= 15 is 0 Å². The SMILES string of the molecule is NS(=O)(=O)c1nnc(NC(=O)C=CC2CCCC2)s1. The highest BCUT2D eigenvalue weighted by Crippen LogP contribution is 2.25. The minimum atomic E-state index is -3.87. The average molecular weight is 302 g/mol. The number of carbonyl (C=O) groups excluding carboxylic acids is 1. The predicted molar refractivity (Wildman–Crippen MR) is 71.0 cm³/mol. The summed E-state index contributed by atoms with van der Waals surface area (Å²) in [6, 6.07) is 0. The molecule has 2 rings (SSSR count). The molecule has 0 aromatic carbocycles. The van der Waals surface area contributed by atoms with Gasteiger partial charge in [-0.05, 0) is 24.8 Å². The molecule has 0 radical (unpaired) electrons. The standard InChI is InChI=1S/C10H14N4O3S2/c11-19(16,17)10-14-13-9(18-10)12-8(15)6-5-7-3-1-2-4-7/h5-7H,1-4H2,(H2,11,16,17)(H,12,13,15). The van der Waals surface area contributed by atoms with Crippen LogP contribution in [0.1, 0.15) is 25.7 Å². The van der Waals surface area contributed by atoms with Gasteiger partial charge in [0.1, 0.15) is 0 Å². The van der Waals surface area contributed by atoms with Crippen LogP contribution >= 0.6 is 11.3 Å². The van der Waals surface area contributed by atoms with Crippen LogP contribution in [-0.4, -0.2) is 24.5 Å². The van der Waals surface area contributed by atoms with E-state index in [1.165, 1.54) is 18.9 Å². The van der Waals surface area contributed by atoms with Crippen LogP contribution in [0.15, 0.2) is 16.5 Å². The fourth-order valence-corrected chi connectivity index (χ4v) is 3.23. The maximum absolute atomic E-state index is 11.6. The van der Waals surface area contributed by atoms with E-state index in [2.05, 4.69) is 15.5 Å². The Morgan fingerprint density at radius 1 is 1.37 bits per heavy atom. The van der Waals surface area contributed by atoms with E-state index in [4.69, 9.17) is 5.14 Å². The number of hydrogen-bond donors (Lipinski definition) is 2. The van der Waals surface area contributed by atoms with Crippen LogP contribution in [0.3, 0.4) is 0 Å². The summed E-state index contributed by atoms with van der Waals surface area (Å²) in [5, 5.41) is 14.4. The maximum Gasteiger partial charge on any atom is 0.267 e. The third-order valence-electron chi connectivity index (χ3n) is 2.80. The van der Waals surface area contributed by atoms with Gasteiger partial charge in [-0.2, -0.15) is 0 Å². The lowest BCUT2D eigenvalue weighted by molar-refractivity contribution is -0.111. The van der Waals surface area contributed by atoms with Crippen molar-refractivity contribution in [3.63, 3.8) is 0 Å². The first kappa shape index (κ1) is 14.1. The van der Waals surface area contributed by atoms with Gasteiger partial charge in [-0.15, -0.1) is 10.2 Å². The van der Waals surface area contributed by atoms with Gasteiger partial charge in [-0.3, -0.25) is 10.1 Å². The normalized spacial score (nSPS) is 17.1. The van der Waals surface area contributed by atoms with Crippen LogP contribution in [0, 0.1) is 5.92 Å². The van der Waals surface area contributed by atoms with Crippen molar-refractivity contribution in [3.05, 3.63) is 12.2 Å². The van der Waals surface area contributed by atoms with Crippen molar-refractivity contribution in [1.82, 2.24) is 10.2 Å². The number of carbonyl (C=O) groups is 1. The van der Waals surface area contributed by atoms with Crippen molar-refractivity contribution in [2.45, 2.75) is 30.0 Å². The number of nitrogens with one attached hydrogen (secondary N) is 1. The molecule has 1 saturated carbocycles. The zero-order chi connectivity index (χ0) is 13.9. The monoisotopic (exact) mass is 302 g/mol. The van der Waals surface area contributed by atoms with Crippen molar-refractivity contribution >= 4 is 32.4 Å².